The molecular formula is C16H19ClN4O3S. The Hall–Kier alpha value is -1.90. The first-order valence-electron chi connectivity index (χ1n) is 7.77. The number of amides is 2. The molecule has 0 unspecified atom stereocenters. The highest BCUT2D eigenvalue weighted by molar-refractivity contribution is 7.08. The molecule has 0 spiro atoms. The van der Waals surface area contributed by atoms with Crippen molar-refractivity contribution in [2.45, 2.75) is 12.0 Å². The van der Waals surface area contributed by atoms with Crippen LogP contribution in [0.2, 0.25) is 5.02 Å². The predicted molar refractivity (Wildman–Crippen MR) is 95.0 cm³/mol. The number of ether oxygens (including phenoxy) is 1. The number of nitrogens with one attached hydrogen (secondary N) is 1. The van der Waals surface area contributed by atoms with E-state index < -0.39 is 0 Å². The van der Waals surface area contributed by atoms with Crippen LogP contribution >= 0.6 is 22.9 Å². The first-order valence-corrected chi connectivity index (χ1v) is 9.09. The predicted octanol–water partition coefficient (Wildman–Crippen LogP) is 1.51. The van der Waals surface area contributed by atoms with E-state index in [4.69, 9.17) is 16.3 Å². The van der Waals surface area contributed by atoms with E-state index in [1.165, 1.54) is 18.4 Å². The Kier molecular flexibility index (Phi) is 5.41. The summed E-state index contributed by atoms with van der Waals surface area (Å²) in [5.74, 6) is 0.389. The maximum absolute atomic E-state index is 12.8. The zero-order chi connectivity index (χ0) is 18.0. The van der Waals surface area contributed by atoms with Gasteiger partial charge in [-0.05, 0) is 0 Å². The van der Waals surface area contributed by atoms with Gasteiger partial charge < -0.3 is 19.5 Å². The number of aromatic nitrogens is 2. The molecule has 0 aromatic carbocycles. The molecule has 0 saturated carbocycles. The Morgan fingerprint density at radius 2 is 2.24 bits per heavy atom. The molecular weight excluding hydrogens is 364 g/mol. The summed E-state index contributed by atoms with van der Waals surface area (Å²) in [7, 11) is 3.37. The number of hydrogen-bond donors (Lipinski definition) is 1. The monoisotopic (exact) mass is 382 g/mol. The third kappa shape index (κ3) is 3.70. The lowest BCUT2D eigenvalue weighted by Crippen LogP contribution is -2.42. The molecule has 134 valence electrons. The van der Waals surface area contributed by atoms with Gasteiger partial charge >= 0.3 is 0 Å². The normalized spacial score (nSPS) is 20.0. The van der Waals surface area contributed by atoms with Gasteiger partial charge in [-0.15, -0.1) is 11.3 Å². The molecule has 1 aliphatic heterocycles. The van der Waals surface area contributed by atoms with Crippen LogP contribution in [0.3, 0.4) is 0 Å². The molecule has 0 aliphatic carbocycles. The van der Waals surface area contributed by atoms with E-state index >= 15 is 0 Å². The molecule has 1 aliphatic rings. The van der Waals surface area contributed by atoms with Crippen molar-refractivity contribution in [2.75, 3.05) is 26.8 Å². The third-order valence-electron chi connectivity index (χ3n) is 4.26. The van der Waals surface area contributed by atoms with Crippen molar-refractivity contribution in [1.29, 1.82) is 0 Å². The van der Waals surface area contributed by atoms with E-state index in [2.05, 4.69) is 10.3 Å². The highest BCUT2D eigenvalue weighted by Crippen LogP contribution is 2.30. The molecule has 2 atom stereocenters. The average molecular weight is 383 g/mol. The van der Waals surface area contributed by atoms with Crippen molar-refractivity contribution in [3.05, 3.63) is 39.6 Å². The van der Waals surface area contributed by atoms with E-state index in [-0.39, 0.29) is 30.4 Å². The summed E-state index contributed by atoms with van der Waals surface area (Å²) in [6.45, 7) is 0.847. The van der Waals surface area contributed by atoms with Crippen molar-refractivity contribution in [1.82, 2.24) is 19.8 Å². The van der Waals surface area contributed by atoms with Crippen LogP contribution < -0.4 is 5.32 Å². The molecule has 1 N–H and O–H groups in total. The number of nitrogens with zero attached hydrogens (tertiary/aromatic N) is 3. The lowest BCUT2D eigenvalue weighted by atomic mass is 10.0. The van der Waals surface area contributed by atoms with E-state index in [9.17, 15) is 9.59 Å². The second-order valence-corrected chi connectivity index (χ2v) is 7.10. The summed E-state index contributed by atoms with van der Waals surface area (Å²) in [6, 6.07) is -0.231. The van der Waals surface area contributed by atoms with Crippen LogP contribution in [-0.2, 0) is 16.6 Å². The molecule has 1 saturated heterocycles. The summed E-state index contributed by atoms with van der Waals surface area (Å²) in [4.78, 5) is 30.8. The van der Waals surface area contributed by atoms with E-state index in [0.717, 1.165) is 5.82 Å². The Bertz CT molecular complexity index is 775. The fraction of sp³-hybridized carbons (Fsp3) is 0.438. The molecule has 7 nitrogen and oxygen atoms in total. The van der Waals surface area contributed by atoms with Crippen LogP contribution in [0.25, 0.3) is 0 Å². The Morgan fingerprint density at radius 3 is 2.84 bits per heavy atom. The number of imidazole rings is 1. The van der Waals surface area contributed by atoms with Crippen molar-refractivity contribution in [2.24, 2.45) is 7.05 Å². The molecule has 9 heteroatoms. The second-order valence-electron chi connectivity index (χ2n) is 5.95. The number of likely N-dealkylation sites (tertiary alicyclic amines) is 1. The number of carbonyl (C=O) groups excluding carboxylic acids is 2. The lowest BCUT2D eigenvalue weighted by molar-refractivity contribution is -0.125. The van der Waals surface area contributed by atoms with Crippen LogP contribution in [0.5, 0.6) is 0 Å². The van der Waals surface area contributed by atoms with Gasteiger partial charge in [0.1, 0.15) is 12.4 Å². The van der Waals surface area contributed by atoms with Crippen LogP contribution in [0.1, 0.15) is 22.1 Å². The number of halogens is 1. The Morgan fingerprint density at radius 1 is 1.44 bits per heavy atom. The minimum absolute atomic E-state index is 0.0198. The number of methoxy groups -OCH3 is 1. The SMILES string of the molecule is COCC(=O)N[C@@H]1CN(C(=O)c2cscc2Cl)C[C@H]1c1nccn1C. The van der Waals surface area contributed by atoms with Crippen LogP contribution in [0.4, 0.5) is 0 Å². The van der Waals surface area contributed by atoms with Gasteiger partial charge in [-0.2, -0.15) is 0 Å². The number of hydrogen-bond acceptors (Lipinski definition) is 5. The lowest BCUT2D eigenvalue weighted by Gasteiger charge is -2.19. The fourth-order valence-corrected chi connectivity index (χ4v) is 4.13. The Balaban J connectivity index is 1.82. The van der Waals surface area contributed by atoms with Crippen molar-refractivity contribution in [3.8, 4) is 0 Å². The molecule has 3 rings (SSSR count). The molecule has 2 aromatic heterocycles. The van der Waals surface area contributed by atoms with Gasteiger partial charge in [-0.25, -0.2) is 4.98 Å². The summed E-state index contributed by atoms with van der Waals surface area (Å²) < 4.78 is 6.79. The summed E-state index contributed by atoms with van der Waals surface area (Å²) >= 11 is 7.49. The van der Waals surface area contributed by atoms with Gasteiger partial charge in [0.25, 0.3) is 5.91 Å². The van der Waals surface area contributed by atoms with Crippen molar-refractivity contribution >= 4 is 34.8 Å². The zero-order valence-electron chi connectivity index (χ0n) is 13.9. The van der Waals surface area contributed by atoms with Gasteiger partial charge in [-0.3, -0.25) is 9.59 Å². The molecule has 25 heavy (non-hydrogen) atoms. The van der Waals surface area contributed by atoms with Crippen LogP contribution in [0, 0.1) is 0 Å². The van der Waals surface area contributed by atoms with Crippen LogP contribution in [0.15, 0.2) is 23.2 Å². The summed E-state index contributed by atoms with van der Waals surface area (Å²) in [5, 5.41) is 6.89. The number of aryl methyl sites for hydroxylation is 1. The quantitative estimate of drug-likeness (QED) is 0.850. The van der Waals surface area contributed by atoms with E-state index in [1.54, 1.807) is 21.9 Å². The zero-order valence-corrected chi connectivity index (χ0v) is 15.5. The molecule has 3 heterocycles. The largest absolute Gasteiger partial charge is 0.375 e. The molecule has 0 bridgehead atoms. The van der Waals surface area contributed by atoms with Gasteiger partial charge in [0.15, 0.2) is 0 Å². The van der Waals surface area contributed by atoms with Crippen molar-refractivity contribution < 1.29 is 14.3 Å². The third-order valence-corrected chi connectivity index (χ3v) is 5.45. The highest BCUT2D eigenvalue weighted by Gasteiger charge is 2.39. The standard InChI is InChI=1S/C16H19ClN4O3S/c1-20-4-3-18-15(20)10-5-21(6-13(10)19-14(22)7-24-2)16(23)11-8-25-9-12(11)17/h3-4,8-10,13H,5-7H2,1-2H3,(H,19,22)/t10-,13-/m1/s1. The number of rotatable bonds is 5. The van der Waals surface area contributed by atoms with Gasteiger partial charge in [0.05, 0.1) is 22.5 Å². The first-order chi connectivity index (χ1) is 12.0. The molecule has 2 aromatic rings. The second kappa shape index (κ2) is 7.55. The van der Waals surface area contributed by atoms with E-state index in [1.807, 2.05) is 17.8 Å². The maximum atomic E-state index is 12.8. The fourth-order valence-electron chi connectivity index (χ4n) is 3.10. The molecule has 2 amide bonds. The van der Waals surface area contributed by atoms with Crippen molar-refractivity contribution in [3.63, 3.8) is 0 Å². The summed E-state index contributed by atoms with van der Waals surface area (Å²) in [5.41, 5.74) is 0.495. The average Bonchev–Trinajstić information content (AvgIpc) is 3.27. The van der Waals surface area contributed by atoms with E-state index in [0.29, 0.717) is 23.7 Å². The minimum atomic E-state index is -0.231. The highest BCUT2D eigenvalue weighted by atomic mass is 35.5. The topological polar surface area (TPSA) is 76.5 Å². The van der Waals surface area contributed by atoms with Gasteiger partial charge in [0, 0.05) is 50.4 Å². The Labute approximate surface area is 154 Å². The van der Waals surface area contributed by atoms with Gasteiger partial charge in [-0.1, -0.05) is 11.6 Å². The maximum Gasteiger partial charge on any atom is 0.256 e. The van der Waals surface area contributed by atoms with Gasteiger partial charge in [0.2, 0.25) is 5.91 Å². The number of carbonyl (C=O) groups is 2. The van der Waals surface area contributed by atoms with Crippen LogP contribution in [-0.4, -0.2) is 59.1 Å². The minimum Gasteiger partial charge on any atom is -0.375 e. The molecule has 1 fully saturated rings. The molecule has 0 radical (unpaired) electrons. The first kappa shape index (κ1) is 17.9. The number of thiophene rings is 1. The summed E-state index contributed by atoms with van der Waals surface area (Å²) in [6.07, 6.45) is 3.56. The smallest absolute Gasteiger partial charge is 0.256 e.